The molecule has 0 radical (unpaired) electrons. The van der Waals surface area contributed by atoms with Crippen molar-refractivity contribution in [1.29, 1.82) is 0 Å². The molecule has 0 atom stereocenters. The zero-order valence-corrected chi connectivity index (χ0v) is 10.3. The number of aromatic nitrogens is 2. The van der Waals surface area contributed by atoms with Crippen LogP contribution < -0.4 is 5.32 Å². The molecular formula is C12H14N4O2. The van der Waals surface area contributed by atoms with Gasteiger partial charge >= 0.3 is 0 Å². The highest BCUT2D eigenvalue weighted by atomic mass is 16.6. The Kier molecular flexibility index (Phi) is 3.27. The predicted molar refractivity (Wildman–Crippen MR) is 68.4 cm³/mol. The topological polar surface area (TPSA) is 73.0 Å². The second kappa shape index (κ2) is 4.87. The Morgan fingerprint density at radius 1 is 1.50 bits per heavy atom. The maximum Gasteiger partial charge on any atom is 0.269 e. The van der Waals surface area contributed by atoms with Gasteiger partial charge in [0.1, 0.15) is 0 Å². The van der Waals surface area contributed by atoms with Crippen molar-refractivity contribution < 1.29 is 4.92 Å². The highest BCUT2D eigenvalue weighted by Crippen LogP contribution is 2.16. The smallest absolute Gasteiger partial charge is 0.269 e. The van der Waals surface area contributed by atoms with Crippen LogP contribution in [0.15, 0.2) is 30.5 Å². The number of nitrogens with zero attached hydrogens (tertiary/aromatic N) is 3. The van der Waals surface area contributed by atoms with Crippen molar-refractivity contribution in [2.75, 3.05) is 5.32 Å². The third kappa shape index (κ3) is 2.65. The van der Waals surface area contributed by atoms with Crippen LogP contribution in [0.1, 0.15) is 11.3 Å². The maximum atomic E-state index is 10.7. The minimum absolute atomic E-state index is 0.109. The third-order valence-electron chi connectivity index (χ3n) is 2.62. The standard InChI is InChI=1S/C12H14N4O2/c1-9-12(8-15(2)14-9)13-7-10-4-3-5-11(6-10)16(17)18/h3-6,8,13H,7H2,1-2H3. The van der Waals surface area contributed by atoms with Crippen LogP contribution in [0.2, 0.25) is 0 Å². The van der Waals surface area contributed by atoms with Crippen LogP contribution in [0.3, 0.4) is 0 Å². The molecule has 0 unspecified atom stereocenters. The van der Waals surface area contributed by atoms with Gasteiger partial charge < -0.3 is 5.32 Å². The van der Waals surface area contributed by atoms with E-state index >= 15 is 0 Å². The average molecular weight is 246 g/mol. The van der Waals surface area contributed by atoms with E-state index in [0.717, 1.165) is 16.9 Å². The fourth-order valence-electron chi connectivity index (χ4n) is 1.75. The van der Waals surface area contributed by atoms with Gasteiger partial charge in [0.15, 0.2) is 0 Å². The van der Waals surface area contributed by atoms with Crippen molar-refractivity contribution in [3.05, 3.63) is 51.8 Å². The lowest BCUT2D eigenvalue weighted by molar-refractivity contribution is -0.384. The van der Waals surface area contributed by atoms with E-state index in [2.05, 4.69) is 10.4 Å². The van der Waals surface area contributed by atoms with E-state index in [1.165, 1.54) is 6.07 Å². The molecule has 94 valence electrons. The molecule has 0 spiro atoms. The Morgan fingerprint density at radius 2 is 2.28 bits per heavy atom. The molecule has 2 aromatic rings. The minimum atomic E-state index is -0.390. The van der Waals surface area contributed by atoms with Crippen molar-refractivity contribution in [2.45, 2.75) is 13.5 Å². The van der Waals surface area contributed by atoms with Gasteiger partial charge in [-0.25, -0.2) is 0 Å². The number of anilines is 1. The minimum Gasteiger partial charge on any atom is -0.378 e. The summed E-state index contributed by atoms with van der Waals surface area (Å²) < 4.78 is 1.73. The fourth-order valence-corrected chi connectivity index (χ4v) is 1.75. The molecule has 1 N–H and O–H groups in total. The van der Waals surface area contributed by atoms with Crippen LogP contribution in [0, 0.1) is 17.0 Å². The number of hydrogen-bond donors (Lipinski definition) is 1. The summed E-state index contributed by atoms with van der Waals surface area (Å²) in [6.07, 6.45) is 1.88. The van der Waals surface area contributed by atoms with Crippen LogP contribution >= 0.6 is 0 Å². The fraction of sp³-hybridized carbons (Fsp3) is 0.250. The molecule has 0 saturated carbocycles. The summed E-state index contributed by atoms with van der Waals surface area (Å²) in [5.74, 6) is 0. The molecular weight excluding hydrogens is 232 g/mol. The summed E-state index contributed by atoms with van der Waals surface area (Å²) in [5, 5.41) is 18.1. The zero-order chi connectivity index (χ0) is 13.1. The summed E-state index contributed by atoms with van der Waals surface area (Å²) in [6.45, 7) is 2.45. The van der Waals surface area contributed by atoms with E-state index in [4.69, 9.17) is 0 Å². The van der Waals surface area contributed by atoms with Crippen molar-refractivity contribution in [3.63, 3.8) is 0 Å². The van der Waals surface area contributed by atoms with Gasteiger partial charge in [0.25, 0.3) is 5.69 Å². The number of benzene rings is 1. The van der Waals surface area contributed by atoms with E-state index in [1.807, 2.05) is 26.2 Å². The molecule has 0 aliphatic heterocycles. The molecule has 0 fully saturated rings. The normalized spacial score (nSPS) is 10.3. The molecule has 0 bridgehead atoms. The van der Waals surface area contributed by atoms with Crippen molar-refractivity contribution in [3.8, 4) is 0 Å². The number of non-ortho nitro benzene ring substituents is 1. The van der Waals surface area contributed by atoms with Gasteiger partial charge in [-0.1, -0.05) is 12.1 Å². The average Bonchev–Trinajstić information content (AvgIpc) is 2.65. The predicted octanol–water partition coefficient (Wildman–Crippen LogP) is 2.25. The van der Waals surface area contributed by atoms with Crippen LogP contribution in [0.25, 0.3) is 0 Å². The Labute approximate surface area is 104 Å². The Morgan fingerprint density at radius 3 is 2.89 bits per heavy atom. The second-order valence-corrected chi connectivity index (χ2v) is 4.08. The molecule has 1 heterocycles. The summed E-state index contributed by atoms with van der Waals surface area (Å²) in [7, 11) is 1.85. The van der Waals surface area contributed by atoms with Crippen LogP contribution in [-0.4, -0.2) is 14.7 Å². The number of nitro groups is 1. The number of rotatable bonds is 4. The van der Waals surface area contributed by atoms with E-state index in [1.54, 1.807) is 16.8 Å². The number of nitrogens with one attached hydrogen (secondary N) is 1. The highest BCUT2D eigenvalue weighted by Gasteiger charge is 2.06. The van der Waals surface area contributed by atoms with Gasteiger partial charge in [0.05, 0.1) is 16.3 Å². The third-order valence-corrected chi connectivity index (χ3v) is 2.62. The first kappa shape index (κ1) is 12.1. The quantitative estimate of drug-likeness (QED) is 0.663. The first-order chi connectivity index (χ1) is 8.56. The lowest BCUT2D eigenvalue weighted by Gasteiger charge is -2.04. The molecule has 18 heavy (non-hydrogen) atoms. The van der Waals surface area contributed by atoms with Gasteiger partial charge in [-0.05, 0) is 12.5 Å². The number of hydrogen-bond acceptors (Lipinski definition) is 4. The molecule has 2 rings (SSSR count). The molecule has 0 aliphatic carbocycles. The van der Waals surface area contributed by atoms with Gasteiger partial charge in [-0.3, -0.25) is 14.8 Å². The lowest BCUT2D eigenvalue weighted by atomic mass is 10.2. The summed E-state index contributed by atoms with van der Waals surface area (Å²) in [5.41, 5.74) is 2.82. The Hall–Kier alpha value is -2.37. The van der Waals surface area contributed by atoms with Crippen molar-refractivity contribution >= 4 is 11.4 Å². The van der Waals surface area contributed by atoms with Crippen LogP contribution in [0.4, 0.5) is 11.4 Å². The second-order valence-electron chi connectivity index (χ2n) is 4.08. The maximum absolute atomic E-state index is 10.7. The SMILES string of the molecule is Cc1nn(C)cc1NCc1cccc([N+](=O)[O-])c1. The summed E-state index contributed by atoms with van der Waals surface area (Å²) >= 11 is 0. The van der Waals surface area contributed by atoms with Crippen molar-refractivity contribution in [2.24, 2.45) is 7.05 Å². The van der Waals surface area contributed by atoms with Gasteiger partial charge in [0.2, 0.25) is 0 Å². The summed E-state index contributed by atoms with van der Waals surface area (Å²) in [6, 6.07) is 6.59. The van der Waals surface area contributed by atoms with Crippen LogP contribution in [-0.2, 0) is 13.6 Å². The highest BCUT2D eigenvalue weighted by molar-refractivity contribution is 5.46. The van der Waals surface area contributed by atoms with Crippen molar-refractivity contribution in [1.82, 2.24) is 9.78 Å². The largest absolute Gasteiger partial charge is 0.378 e. The monoisotopic (exact) mass is 246 g/mol. The Bertz CT molecular complexity index is 577. The van der Waals surface area contributed by atoms with E-state index in [-0.39, 0.29) is 5.69 Å². The Balaban J connectivity index is 2.08. The van der Waals surface area contributed by atoms with Crippen LogP contribution in [0.5, 0.6) is 0 Å². The molecule has 6 heteroatoms. The molecule has 1 aromatic heterocycles. The molecule has 0 saturated heterocycles. The number of aryl methyl sites for hydroxylation is 2. The molecule has 0 amide bonds. The number of nitro benzene ring substituents is 1. The van der Waals surface area contributed by atoms with E-state index in [0.29, 0.717) is 6.54 Å². The lowest BCUT2D eigenvalue weighted by Crippen LogP contribution is -2.00. The van der Waals surface area contributed by atoms with E-state index in [9.17, 15) is 10.1 Å². The van der Waals surface area contributed by atoms with Gasteiger partial charge in [-0.15, -0.1) is 0 Å². The first-order valence-corrected chi connectivity index (χ1v) is 5.53. The van der Waals surface area contributed by atoms with Gasteiger partial charge in [-0.2, -0.15) is 5.10 Å². The van der Waals surface area contributed by atoms with E-state index < -0.39 is 4.92 Å². The molecule has 6 nitrogen and oxygen atoms in total. The molecule has 1 aromatic carbocycles. The summed E-state index contributed by atoms with van der Waals surface area (Å²) in [4.78, 5) is 10.3. The van der Waals surface area contributed by atoms with Gasteiger partial charge in [0, 0.05) is 31.9 Å². The first-order valence-electron chi connectivity index (χ1n) is 5.53. The molecule has 0 aliphatic rings. The zero-order valence-electron chi connectivity index (χ0n) is 10.3.